The van der Waals surface area contributed by atoms with Gasteiger partial charge in [-0.25, -0.2) is 4.39 Å². The molecule has 4 heteroatoms. The molecule has 106 valence electrons. The number of likely N-dealkylation sites (N-methyl/N-ethyl adjacent to an activating group) is 1. The molecule has 1 fully saturated rings. The molecule has 0 saturated carbocycles. The molecule has 1 aliphatic rings. The van der Waals surface area contributed by atoms with Crippen LogP contribution in [0.2, 0.25) is 0 Å². The molecule has 0 radical (unpaired) electrons. The molecule has 1 heterocycles. The molecule has 0 aliphatic carbocycles. The van der Waals surface area contributed by atoms with Gasteiger partial charge < -0.3 is 14.8 Å². The van der Waals surface area contributed by atoms with Crippen LogP contribution in [0.3, 0.4) is 0 Å². The number of rotatable bonds is 5. The molecule has 1 saturated heterocycles. The highest BCUT2D eigenvalue weighted by molar-refractivity contribution is 5.34. The summed E-state index contributed by atoms with van der Waals surface area (Å²) in [7, 11) is 1.48. The Kier molecular flexibility index (Phi) is 4.42. The van der Waals surface area contributed by atoms with Crippen molar-refractivity contribution in [3.05, 3.63) is 29.6 Å². The molecular weight excluding hydrogens is 245 g/mol. The van der Waals surface area contributed by atoms with Gasteiger partial charge in [0.15, 0.2) is 11.6 Å². The Morgan fingerprint density at radius 2 is 2.32 bits per heavy atom. The average molecular weight is 267 g/mol. The van der Waals surface area contributed by atoms with Gasteiger partial charge >= 0.3 is 0 Å². The summed E-state index contributed by atoms with van der Waals surface area (Å²) < 4.78 is 25.4. The van der Waals surface area contributed by atoms with E-state index in [2.05, 4.69) is 5.32 Å². The van der Waals surface area contributed by atoms with Crippen LogP contribution in [-0.4, -0.2) is 25.9 Å². The van der Waals surface area contributed by atoms with E-state index in [-0.39, 0.29) is 23.2 Å². The van der Waals surface area contributed by atoms with Crippen molar-refractivity contribution in [3.8, 4) is 5.75 Å². The minimum absolute atomic E-state index is 0.157. The van der Waals surface area contributed by atoms with E-state index in [0.29, 0.717) is 5.56 Å². The third-order valence-corrected chi connectivity index (χ3v) is 3.79. The fraction of sp³-hybridized carbons (Fsp3) is 0.600. The number of halogens is 1. The average Bonchev–Trinajstić information content (AvgIpc) is 2.85. The maximum atomic E-state index is 14.4. The highest BCUT2D eigenvalue weighted by Gasteiger charge is 2.40. The summed E-state index contributed by atoms with van der Waals surface area (Å²) >= 11 is 0. The Balaban J connectivity index is 2.39. The van der Waals surface area contributed by atoms with Gasteiger partial charge in [-0.15, -0.1) is 0 Å². The van der Waals surface area contributed by atoms with Crippen LogP contribution in [0.4, 0.5) is 4.39 Å². The number of nitrogens with one attached hydrogen (secondary N) is 1. The zero-order chi connectivity index (χ0) is 13.9. The zero-order valence-electron chi connectivity index (χ0n) is 11.8. The lowest BCUT2D eigenvalue weighted by molar-refractivity contribution is -0.0130. The van der Waals surface area contributed by atoms with E-state index in [1.165, 1.54) is 7.11 Å². The largest absolute Gasteiger partial charge is 0.494 e. The molecule has 1 aliphatic heterocycles. The predicted octanol–water partition coefficient (Wildman–Crippen LogP) is 3.05. The third kappa shape index (κ3) is 2.74. The van der Waals surface area contributed by atoms with Gasteiger partial charge in [-0.3, -0.25) is 0 Å². The zero-order valence-corrected chi connectivity index (χ0v) is 11.8. The van der Waals surface area contributed by atoms with Crippen LogP contribution in [0.25, 0.3) is 0 Å². The van der Waals surface area contributed by atoms with Crippen molar-refractivity contribution in [1.29, 1.82) is 0 Å². The van der Waals surface area contributed by atoms with Gasteiger partial charge in [0.25, 0.3) is 0 Å². The normalized spacial score (nSPS) is 24.4. The maximum Gasteiger partial charge on any atom is 0.169 e. The summed E-state index contributed by atoms with van der Waals surface area (Å²) in [6.45, 7) is 5.57. The molecule has 19 heavy (non-hydrogen) atoms. The monoisotopic (exact) mass is 267 g/mol. The summed E-state index contributed by atoms with van der Waals surface area (Å²) in [4.78, 5) is 0. The number of benzene rings is 1. The highest BCUT2D eigenvalue weighted by atomic mass is 19.1. The second-order valence-electron chi connectivity index (χ2n) is 5.12. The molecule has 1 N–H and O–H groups in total. The molecular formula is C15H22FNO2. The molecule has 2 atom stereocenters. The van der Waals surface area contributed by atoms with E-state index >= 15 is 0 Å². The third-order valence-electron chi connectivity index (χ3n) is 3.79. The Bertz CT molecular complexity index is 430. The lowest BCUT2D eigenvalue weighted by atomic mass is 9.87. The van der Waals surface area contributed by atoms with Gasteiger partial charge in [0.05, 0.1) is 18.8 Å². The van der Waals surface area contributed by atoms with Crippen molar-refractivity contribution in [2.75, 3.05) is 20.3 Å². The van der Waals surface area contributed by atoms with Crippen LogP contribution in [-0.2, 0) is 4.74 Å². The second-order valence-corrected chi connectivity index (χ2v) is 5.12. The molecule has 2 rings (SSSR count). The number of hydrogen-bond acceptors (Lipinski definition) is 3. The smallest absolute Gasteiger partial charge is 0.169 e. The molecule has 0 spiro atoms. The molecule has 1 aromatic rings. The fourth-order valence-electron chi connectivity index (χ4n) is 2.80. The Labute approximate surface area is 114 Å². The number of methoxy groups -OCH3 is 1. The fourth-order valence-corrected chi connectivity index (χ4v) is 2.80. The first kappa shape index (κ1) is 14.3. The van der Waals surface area contributed by atoms with Crippen LogP contribution in [0.1, 0.15) is 38.3 Å². The van der Waals surface area contributed by atoms with Crippen molar-refractivity contribution >= 4 is 0 Å². The Hall–Kier alpha value is -1.13. The van der Waals surface area contributed by atoms with E-state index < -0.39 is 0 Å². The maximum absolute atomic E-state index is 14.4. The minimum atomic E-state index is -0.358. The van der Waals surface area contributed by atoms with Crippen LogP contribution in [0.15, 0.2) is 18.2 Å². The first-order valence-electron chi connectivity index (χ1n) is 6.82. The summed E-state index contributed by atoms with van der Waals surface area (Å²) in [6.07, 6.45) is 1.95. The topological polar surface area (TPSA) is 30.5 Å². The van der Waals surface area contributed by atoms with Crippen LogP contribution < -0.4 is 10.1 Å². The van der Waals surface area contributed by atoms with Crippen molar-refractivity contribution in [1.82, 2.24) is 5.32 Å². The van der Waals surface area contributed by atoms with Crippen LogP contribution in [0.5, 0.6) is 5.75 Å². The summed E-state index contributed by atoms with van der Waals surface area (Å²) in [6, 6.07) is 5.10. The van der Waals surface area contributed by atoms with Gasteiger partial charge in [-0.05, 0) is 32.4 Å². The molecule has 0 aromatic heterocycles. The van der Waals surface area contributed by atoms with Crippen molar-refractivity contribution in [3.63, 3.8) is 0 Å². The Morgan fingerprint density at radius 3 is 2.89 bits per heavy atom. The summed E-state index contributed by atoms with van der Waals surface area (Å²) in [5.41, 5.74) is 0.258. The van der Waals surface area contributed by atoms with E-state index in [4.69, 9.17) is 9.47 Å². The van der Waals surface area contributed by atoms with E-state index in [9.17, 15) is 4.39 Å². The van der Waals surface area contributed by atoms with E-state index in [0.717, 1.165) is 26.0 Å². The number of ether oxygens (including phenoxy) is 2. The lowest BCUT2D eigenvalue weighted by Gasteiger charge is -2.34. The van der Waals surface area contributed by atoms with Gasteiger partial charge in [0.2, 0.25) is 0 Å². The van der Waals surface area contributed by atoms with Gasteiger partial charge in [0.1, 0.15) is 0 Å². The highest BCUT2D eigenvalue weighted by Crippen LogP contribution is 2.39. The lowest BCUT2D eigenvalue weighted by Crippen LogP contribution is -2.41. The summed E-state index contributed by atoms with van der Waals surface area (Å²) in [5, 5.41) is 3.35. The van der Waals surface area contributed by atoms with Crippen molar-refractivity contribution in [2.24, 2.45) is 0 Å². The second kappa shape index (κ2) is 5.88. The SMILES string of the molecule is CCNC(c1cccc(OC)c1F)C1(C)CCCO1. The first-order valence-corrected chi connectivity index (χ1v) is 6.82. The summed E-state index contributed by atoms with van der Waals surface area (Å²) in [5.74, 6) is -0.0188. The van der Waals surface area contributed by atoms with E-state index in [1.54, 1.807) is 12.1 Å². The molecule has 0 bridgehead atoms. The van der Waals surface area contributed by atoms with Gasteiger partial charge in [0, 0.05) is 12.2 Å². The number of hydrogen-bond donors (Lipinski definition) is 1. The van der Waals surface area contributed by atoms with E-state index in [1.807, 2.05) is 19.9 Å². The van der Waals surface area contributed by atoms with Gasteiger partial charge in [-0.2, -0.15) is 0 Å². The molecule has 0 amide bonds. The van der Waals surface area contributed by atoms with Gasteiger partial charge in [-0.1, -0.05) is 19.1 Å². The molecule has 1 aromatic carbocycles. The molecule has 2 unspecified atom stereocenters. The quantitative estimate of drug-likeness (QED) is 0.889. The van der Waals surface area contributed by atoms with Crippen molar-refractivity contribution in [2.45, 2.75) is 38.3 Å². The molecule has 3 nitrogen and oxygen atoms in total. The van der Waals surface area contributed by atoms with Crippen molar-refractivity contribution < 1.29 is 13.9 Å². The minimum Gasteiger partial charge on any atom is -0.494 e. The van der Waals surface area contributed by atoms with Crippen LogP contribution >= 0.6 is 0 Å². The predicted molar refractivity (Wildman–Crippen MR) is 73.0 cm³/mol. The van der Waals surface area contributed by atoms with Crippen LogP contribution in [0, 0.1) is 5.82 Å². The Morgan fingerprint density at radius 1 is 1.53 bits per heavy atom. The first-order chi connectivity index (χ1) is 9.12. The standard InChI is InChI=1S/C15H22FNO2/c1-4-17-14(15(2)9-6-10-19-15)11-7-5-8-12(18-3)13(11)16/h5,7-8,14,17H,4,6,9-10H2,1-3H3.